The molecule has 0 amide bonds. The monoisotopic (exact) mass is 269 g/mol. The average Bonchev–Trinajstić information content (AvgIpc) is 2.37. The maximum atomic E-state index is 10.7. The highest BCUT2D eigenvalue weighted by atomic mass is 16.7. The summed E-state index contributed by atoms with van der Waals surface area (Å²) in [5.74, 6) is 0.471. The standard InChI is InChI=1S/C13H19NO5/c1-4-17-13(18-5-2)9-19-12-8-11(14(15)16)7-6-10(12)3/h6-8,13H,4-5,9H2,1-3H3. The smallest absolute Gasteiger partial charge is 0.273 e. The van der Waals surface area contributed by atoms with Crippen molar-refractivity contribution in [3.8, 4) is 5.75 Å². The molecule has 0 spiro atoms. The Hall–Kier alpha value is -1.66. The lowest BCUT2D eigenvalue weighted by atomic mass is 10.2. The van der Waals surface area contributed by atoms with Crippen LogP contribution in [0.4, 0.5) is 5.69 Å². The lowest BCUT2D eigenvalue weighted by Gasteiger charge is -2.18. The number of nitro benzene ring substituents is 1. The molecule has 0 aromatic heterocycles. The third kappa shape index (κ3) is 4.84. The molecule has 0 aliphatic rings. The number of nitrogens with zero attached hydrogens (tertiary/aromatic N) is 1. The van der Waals surface area contributed by atoms with Crippen molar-refractivity contribution in [1.82, 2.24) is 0 Å². The second-order valence-corrected chi connectivity index (χ2v) is 3.86. The Labute approximate surface area is 112 Å². The Morgan fingerprint density at radius 1 is 1.26 bits per heavy atom. The van der Waals surface area contributed by atoms with Gasteiger partial charge < -0.3 is 14.2 Å². The van der Waals surface area contributed by atoms with Gasteiger partial charge in [0.15, 0.2) is 6.29 Å². The van der Waals surface area contributed by atoms with Gasteiger partial charge in [-0.05, 0) is 32.4 Å². The molecule has 106 valence electrons. The number of hydrogen-bond acceptors (Lipinski definition) is 5. The highest BCUT2D eigenvalue weighted by Crippen LogP contribution is 2.24. The third-order valence-electron chi connectivity index (χ3n) is 2.46. The third-order valence-corrected chi connectivity index (χ3v) is 2.46. The van der Waals surface area contributed by atoms with Gasteiger partial charge in [0, 0.05) is 19.3 Å². The largest absolute Gasteiger partial charge is 0.488 e. The molecule has 0 radical (unpaired) electrons. The number of aryl methyl sites for hydroxylation is 1. The quantitative estimate of drug-likeness (QED) is 0.412. The summed E-state index contributed by atoms with van der Waals surface area (Å²) in [4.78, 5) is 10.3. The summed E-state index contributed by atoms with van der Waals surface area (Å²) in [6.45, 7) is 6.79. The Balaban J connectivity index is 2.69. The zero-order chi connectivity index (χ0) is 14.3. The summed E-state index contributed by atoms with van der Waals surface area (Å²) in [5.41, 5.74) is 0.835. The van der Waals surface area contributed by atoms with Crippen LogP contribution in [0.2, 0.25) is 0 Å². The van der Waals surface area contributed by atoms with Crippen molar-refractivity contribution in [3.05, 3.63) is 33.9 Å². The molecule has 0 fully saturated rings. The molecule has 0 aliphatic heterocycles. The SMILES string of the molecule is CCOC(COc1cc([N+](=O)[O-])ccc1C)OCC. The first-order valence-electron chi connectivity index (χ1n) is 6.19. The Morgan fingerprint density at radius 2 is 1.89 bits per heavy atom. The van der Waals surface area contributed by atoms with E-state index in [2.05, 4.69) is 0 Å². The van der Waals surface area contributed by atoms with E-state index in [1.165, 1.54) is 12.1 Å². The highest BCUT2D eigenvalue weighted by molar-refractivity contribution is 5.43. The van der Waals surface area contributed by atoms with E-state index in [0.717, 1.165) is 5.56 Å². The maximum absolute atomic E-state index is 10.7. The van der Waals surface area contributed by atoms with Crippen LogP contribution in [-0.2, 0) is 9.47 Å². The minimum atomic E-state index is -0.464. The van der Waals surface area contributed by atoms with Crippen LogP contribution in [0.5, 0.6) is 5.75 Å². The van der Waals surface area contributed by atoms with Gasteiger partial charge in [0.2, 0.25) is 0 Å². The van der Waals surface area contributed by atoms with Crippen molar-refractivity contribution in [2.45, 2.75) is 27.1 Å². The predicted molar refractivity (Wildman–Crippen MR) is 70.4 cm³/mol. The lowest BCUT2D eigenvalue weighted by Crippen LogP contribution is -2.25. The van der Waals surface area contributed by atoms with Crippen molar-refractivity contribution in [2.24, 2.45) is 0 Å². The molecule has 0 aliphatic carbocycles. The molecule has 19 heavy (non-hydrogen) atoms. The van der Waals surface area contributed by atoms with Gasteiger partial charge in [0.1, 0.15) is 12.4 Å². The zero-order valence-corrected chi connectivity index (χ0v) is 11.4. The summed E-state index contributed by atoms with van der Waals surface area (Å²) in [7, 11) is 0. The number of hydrogen-bond donors (Lipinski definition) is 0. The summed E-state index contributed by atoms with van der Waals surface area (Å²) >= 11 is 0. The first kappa shape index (κ1) is 15.4. The number of ether oxygens (including phenoxy) is 3. The topological polar surface area (TPSA) is 70.8 Å². The summed E-state index contributed by atoms with van der Waals surface area (Å²) in [6.07, 6.45) is -0.464. The molecule has 6 nitrogen and oxygen atoms in total. The van der Waals surface area contributed by atoms with Crippen LogP contribution in [0.1, 0.15) is 19.4 Å². The normalized spacial score (nSPS) is 10.7. The molecule has 1 aromatic carbocycles. The van der Waals surface area contributed by atoms with Gasteiger partial charge in [0.25, 0.3) is 5.69 Å². The van der Waals surface area contributed by atoms with Crippen LogP contribution in [0, 0.1) is 17.0 Å². The fourth-order valence-corrected chi connectivity index (χ4v) is 1.53. The van der Waals surface area contributed by atoms with Gasteiger partial charge in [-0.2, -0.15) is 0 Å². The minimum absolute atomic E-state index is 0.00460. The fraction of sp³-hybridized carbons (Fsp3) is 0.538. The van der Waals surface area contributed by atoms with Crippen molar-refractivity contribution in [1.29, 1.82) is 0 Å². The highest BCUT2D eigenvalue weighted by Gasteiger charge is 2.13. The van der Waals surface area contributed by atoms with E-state index in [1.807, 2.05) is 20.8 Å². The van der Waals surface area contributed by atoms with Crippen molar-refractivity contribution in [2.75, 3.05) is 19.8 Å². The van der Waals surface area contributed by atoms with Crippen LogP contribution in [0.15, 0.2) is 18.2 Å². The molecule has 0 atom stereocenters. The number of benzene rings is 1. The summed E-state index contributed by atoms with van der Waals surface area (Å²) < 4.78 is 16.2. The first-order valence-corrected chi connectivity index (χ1v) is 6.19. The summed E-state index contributed by atoms with van der Waals surface area (Å²) in [5, 5.41) is 10.7. The Bertz CT molecular complexity index is 415. The van der Waals surface area contributed by atoms with Crippen LogP contribution >= 0.6 is 0 Å². The van der Waals surface area contributed by atoms with Crippen LogP contribution < -0.4 is 4.74 Å². The van der Waals surface area contributed by atoms with E-state index in [9.17, 15) is 10.1 Å². The molecule has 0 bridgehead atoms. The van der Waals surface area contributed by atoms with E-state index in [0.29, 0.717) is 19.0 Å². The van der Waals surface area contributed by atoms with E-state index in [1.54, 1.807) is 6.07 Å². The van der Waals surface area contributed by atoms with E-state index in [4.69, 9.17) is 14.2 Å². The van der Waals surface area contributed by atoms with Gasteiger partial charge >= 0.3 is 0 Å². The van der Waals surface area contributed by atoms with Crippen LogP contribution in [-0.4, -0.2) is 31.0 Å². The van der Waals surface area contributed by atoms with E-state index < -0.39 is 11.2 Å². The van der Waals surface area contributed by atoms with Crippen LogP contribution in [0.25, 0.3) is 0 Å². The van der Waals surface area contributed by atoms with E-state index >= 15 is 0 Å². The Morgan fingerprint density at radius 3 is 2.42 bits per heavy atom. The molecule has 1 aromatic rings. The van der Waals surface area contributed by atoms with Gasteiger partial charge in [-0.1, -0.05) is 0 Å². The minimum Gasteiger partial charge on any atom is -0.488 e. The van der Waals surface area contributed by atoms with Gasteiger partial charge in [-0.3, -0.25) is 10.1 Å². The van der Waals surface area contributed by atoms with Crippen molar-refractivity contribution < 1.29 is 19.1 Å². The second kappa shape index (κ2) is 7.70. The first-order chi connectivity index (χ1) is 9.08. The number of rotatable bonds is 8. The molecule has 1 rings (SSSR count). The molecule has 6 heteroatoms. The molecule has 0 unspecified atom stereocenters. The van der Waals surface area contributed by atoms with Gasteiger partial charge in [0.05, 0.1) is 11.0 Å². The van der Waals surface area contributed by atoms with Gasteiger partial charge in [-0.25, -0.2) is 0 Å². The number of non-ortho nitro benzene ring substituents is 1. The lowest BCUT2D eigenvalue weighted by molar-refractivity contribution is -0.385. The second-order valence-electron chi connectivity index (χ2n) is 3.86. The van der Waals surface area contributed by atoms with Crippen molar-refractivity contribution >= 4 is 5.69 Å². The summed E-state index contributed by atoms with van der Waals surface area (Å²) in [6, 6.07) is 4.51. The number of nitro groups is 1. The maximum Gasteiger partial charge on any atom is 0.273 e. The average molecular weight is 269 g/mol. The molecule has 0 saturated heterocycles. The molecular formula is C13H19NO5. The molecule has 0 heterocycles. The molecular weight excluding hydrogens is 250 g/mol. The van der Waals surface area contributed by atoms with Crippen LogP contribution in [0.3, 0.4) is 0 Å². The molecule has 0 saturated carbocycles. The van der Waals surface area contributed by atoms with E-state index in [-0.39, 0.29) is 12.3 Å². The fourth-order valence-electron chi connectivity index (χ4n) is 1.53. The predicted octanol–water partition coefficient (Wildman–Crippen LogP) is 2.68. The zero-order valence-electron chi connectivity index (χ0n) is 11.4. The Kier molecular flexibility index (Phi) is 6.24. The van der Waals surface area contributed by atoms with Gasteiger partial charge in [-0.15, -0.1) is 0 Å². The van der Waals surface area contributed by atoms with Crippen molar-refractivity contribution in [3.63, 3.8) is 0 Å². The molecule has 0 N–H and O–H groups in total.